The average molecular weight is 425 g/mol. The molecule has 0 N–H and O–H groups in total. The summed E-state index contributed by atoms with van der Waals surface area (Å²) in [4.78, 5) is 19.7. The Bertz CT molecular complexity index is 1020. The van der Waals surface area contributed by atoms with Gasteiger partial charge < -0.3 is 19.1 Å². The van der Waals surface area contributed by atoms with Gasteiger partial charge in [-0.25, -0.2) is 4.98 Å². The number of carbonyl (C=O) groups is 1. The molecule has 6 nitrogen and oxygen atoms in total. The van der Waals surface area contributed by atoms with Crippen LogP contribution in [-0.2, 0) is 13.2 Å². The summed E-state index contributed by atoms with van der Waals surface area (Å²) in [5, 5.41) is 2.86. The van der Waals surface area contributed by atoms with Gasteiger partial charge in [-0.3, -0.25) is 4.79 Å². The fourth-order valence-electron chi connectivity index (χ4n) is 3.21. The van der Waals surface area contributed by atoms with Crippen LogP contribution in [0.3, 0.4) is 0 Å². The predicted octanol–water partition coefficient (Wildman–Crippen LogP) is 4.54. The van der Waals surface area contributed by atoms with E-state index in [1.807, 2.05) is 52.7 Å². The first-order chi connectivity index (χ1) is 14.7. The molecule has 3 aromatic rings. The van der Waals surface area contributed by atoms with Crippen LogP contribution in [-0.4, -0.2) is 36.1 Å². The second-order valence-electron chi connectivity index (χ2n) is 7.07. The zero-order valence-electron chi connectivity index (χ0n) is 17.0. The standard InChI is InChI=1S/C23H24N2O4S/c1-27-19-7-5-6-16(12-19)23(26)25(18-10-11-18)13-17-15-30-22(24-17)14-29-21-9-4-3-8-20(21)28-2/h3-9,12,15,18H,10-11,13-14H2,1-2H3. The maximum Gasteiger partial charge on any atom is 0.254 e. The fourth-order valence-corrected chi connectivity index (χ4v) is 3.91. The van der Waals surface area contributed by atoms with E-state index in [1.54, 1.807) is 20.3 Å². The predicted molar refractivity (Wildman–Crippen MR) is 115 cm³/mol. The minimum Gasteiger partial charge on any atom is -0.497 e. The summed E-state index contributed by atoms with van der Waals surface area (Å²) in [7, 11) is 3.22. The number of amides is 1. The van der Waals surface area contributed by atoms with Crippen LogP contribution in [0.2, 0.25) is 0 Å². The maximum absolute atomic E-state index is 13.1. The molecule has 1 fully saturated rings. The lowest BCUT2D eigenvalue weighted by Gasteiger charge is -2.21. The first-order valence-electron chi connectivity index (χ1n) is 9.82. The Morgan fingerprint density at radius 2 is 1.90 bits per heavy atom. The molecule has 1 aromatic heterocycles. The van der Waals surface area contributed by atoms with Gasteiger partial charge in [0.05, 0.1) is 26.5 Å². The number of nitrogens with zero attached hydrogens (tertiary/aromatic N) is 2. The third-order valence-corrected chi connectivity index (χ3v) is 5.79. The van der Waals surface area contributed by atoms with E-state index in [0.29, 0.717) is 36.0 Å². The summed E-state index contributed by atoms with van der Waals surface area (Å²) >= 11 is 1.54. The Hall–Kier alpha value is -3.06. The highest BCUT2D eigenvalue weighted by Crippen LogP contribution is 2.31. The van der Waals surface area contributed by atoms with Crippen molar-refractivity contribution >= 4 is 17.2 Å². The van der Waals surface area contributed by atoms with Crippen LogP contribution in [0.1, 0.15) is 33.9 Å². The van der Waals surface area contributed by atoms with Crippen molar-refractivity contribution in [3.8, 4) is 17.2 Å². The lowest BCUT2D eigenvalue weighted by molar-refractivity contribution is 0.0727. The molecule has 1 saturated carbocycles. The first-order valence-corrected chi connectivity index (χ1v) is 10.7. The molecule has 0 spiro atoms. The van der Waals surface area contributed by atoms with Crippen LogP contribution in [0, 0.1) is 0 Å². The highest BCUT2D eigenvalue weighted by molar-refractivity contribution is 7.09. The van der Waals surface area contributed by atoms with Crippen LogP contribution in [0.5, 0.6) is 17.2 Å². The molecule has 4 rings (SSSR count). The summed E-state index contributed by atoms with van der Waals surface area (Å²) in [5.41, 5.74) is 1.51. The van der Waals surface area contributed by atoms with Gasteiger partial charge in [0, 0.05) is 17.0 Å². The van der Waals surface area contributed by atoms with Crippen LogP contribution < -0.4 is 14.2 Å². The van der Waals surface area contributed by atoms with Gasteiger partial charge in [0.1, 0.15) is 17.4 Å². The smallest absolute Gasteiger partial charge is 0.254 e. The third-order valence-electron chi connectivity index (χ3n) is 4.92. The molecular formula is C23H24N2O4S. The summed E-state index contributed by atoms with van der Waals surface area (Å²) in [6.07, 6.45) is 2.06. The minimum atomic E-state index is 0.0104. The number of methoxy groups -OCH3 is 2. The lowest BCUT2D eigenvalue weighted by Crippen LogP contribution is -2.32. The number of thiazole rings is 1. The van der Waals surface area contributed by atoms with E-state index in [1.165, 1.54) is 11.3 Å². The van der Waals surface area contributed by atoms with Crippen LogP contribution in [0.15, 0.2) is 53.9 Å². The van der Waals surface area contributed by atoms with E-state index < -0.39 is 0 Å². The molecule has 30 heavy (non-hydrogen) atoms. The number of hydrogen-bond donors (Lipinski definition) is 0. The minimum absolute atomic E-state index is 0.0104. The zero-order valence-corrected chi connectivity index (χ0v) is 17.9. The topological polar surface area (TPSA) is 60.9 Å². The molecule has 1 heterocycles. The Morgan fingerprint density at radius 3 is 2.63 bits per heavy atom. The van der Waals surface area contributed by atoms with E-state index in [4.69, 9.17) is 14.2 Å². The van der Waals surface area contributed by atoms with Gasteiger partial charge in [0.2, 0.25) is 0 Å². The molecule has 7 heteroatoms. The lowest BCUT2D eigenvalue weighted by atomic mass is 10.2. The summed E-state index contributed by atoms with van der Waals surface area (Å²) in [5.74, 6) is 2.07. The van der Waals surface area contributed by atoms with Gasteiger partial charge in [-0.2, -0.15) is 0 Å². The van der Waals surface area contributed by atoms with Gasteiger partial charge in [0.25, 0.3) is 5.91 Å². The van der Waals surface area contributed by atoms with Gasteiger partial charge in [-0.15, -0.1) is 11.3 Å². The third kappa shape index (κ3) is 4.74. The number of benzene rings is 2. The molecule has 0 radical (unpaired) electrons. The SMILES string of the molecule is COc1cccc(C(=O)N(Cc2csc(COc3ccccc3OC)n2)C2CC2)c1. The van der Waals surface area contributed by atoms with E-state index in [9.17, 15) is 4.79 Å². The van der Waals surface area contributed by atoms with Gasteiger partial charge >= 0.3 is 0 Å². The van der Waals surface area contributed by atoms with Gasteiger partial charge in [0.15, 0.2) is 11.5 Å². The second-order valence-corrected chi connectivity index (χ2v) is 8.01. The van der Waals surface area contributed by atoms with Crippen LogP contribution >= 0.6 is 11.3 Å². The van der Waals surface area contributed by atoms with Crippen molar-refractivity contribution < 1.29 is 19.0 Å². The molecule has 0 unspecified atom stereocenters. The van der Waals surface area contributed by atoms with E-state index in [0.717, 1.165) is 23.5 Å². The highest BCUT2D eigenvalue weighted by atomic mass is 32.1. The number of para-hydroxylation sites is 2. The fraction of sp³-hybridized carbons (Fsp3) is 0.304. The monoisotopic (exact) mass is 424 g/mol. The van der Waals surface area contributed by atoms with Crippen molar-refractivity contribution in [3.05, 3.63) is 70.2 Å². The number of aromatic nitrogens is 1. The Kier molecular flexibility index (Phi) is 6.18. The summed E-state index contributed by atoms with van der Waals surface area (Å²) in [6, 6.07) is 15.1. The molecule has 0 bridgehead atoms. The number of ether oxygens (including phenoxy) is 3. The second kappa shape index (κ2) is 9.17. The van der Waals surface area contributed by atoms with Crippen molar-refractivity contribution in [3.63, 3.8) is 0 Å². The normalized spacial score (nSPS) is 13.0. The molecule has 156 valence electrons. The van der Waals surface area contributed by atoms with E-state index >= 15 is 0 Å². The highest BCUT2D eigenvalue weighted by Gasteiger charge is 2.33. The molecular weight excluding hydrogens is 400 g/mol. The summed E-state index contributed by atoms with van der Waals surface area (Å²) < 4.78 is 16.4. The molecule has 1 aliphatic carbocycles. The molecule has 0 atom stereocenters. The van der Waals surface area contributed by atoms with Gasteiger partial charge in [-0.05, 0) is 43.2 Å². The Morgan fingerprint density at radius 1 is 1.10 bits per heavy atom. The largest absolute Gasteiger partial charge is 0.497 e. The van der Waals surface area contributed by atoms with E-state index in [2.05, 4.69) is 4.98 Å². The number of hydrogen-bond acceptors (Lipinski definition) is 6. The van der Waals surface area contributed by atoms with Crippen molar-refractivity contribution in [1.82, 2.24) is 9.88 Å². The molecule has 1 aliphatic rings. The average Bonchev–Trinajstić information content (AvgIpc) is 3.54. The summed E-state index contributed by atoms with van der Waals surface area (Å²) in [6.45, 7) is 0.851. The van der Waals surface area contributed by atoms with Crippen molar-refractivity contribution in [2.45, 2.75) is 32.0 Å². The first kappa shape index (κ1) is 20.2. The Labute approximate surface area is 180 Å². The van der Waals surface area contributed by atoms with Crippen molar-refractivity contribution in [2.24, 2.45) is 0 Å². The van der Waals surface area contributed by atoms with Gasteiger partial charge in [-0.1, -0.05) is 18.2 Å². The molecule has 2 aromatic carbocycles. The maximum atomic E-state index is 13.1. The molecule has 0 aliphatic heterocycles. The molecule has 1 amide bonds. The van der Waals surface area contributed by atoms with Crippen LogP contribution in [0.4, 0.5) is 0 Å². The Balaban J connectivity index is 1.42. The van der Waals surface area contributed by atoms with Crippen LogP contribution in [0.25, 0.3) is 0 Å². The van der Waals surface area contributed by atoms with Crippen molar-refractivity contribution in [1.29, 1.82) is 0 Å². The quantitative estimate of drug-likeness (QED) is 0.505. The number of rotatable bonds is 9. The van der Waals surface area contributed by atoms with Crippen molar-refractivity contribution in [2.75, 3.05) is 14.2 Å². The molecule has 0 saturated heterocycles. The number of carbonyl (C=O) groups excluding carboxylic acids is 1. The van der Waals surface area contributed by atoms with E-state index in [-0.39, 0.29) is 11.9 Å². The zero-order chi connectivity index (χ0) is 20.9.